The van der Waals surface area contributed by atoms with Crippen LogP contribution in [0.4, 0.5) is 0 Å². The lowest BCUT2D eigenvalue weighted by molar-refractivity contribution is 0.479. The molecule has 0 aromatic carbocycles. The summed E-state index contributed by atoms with van der Waals surface area (Å²) < 4.78 is 5.61. The number of hydrogen-bond donors (Lipinski definition) is 0. The van der Waals surface area contributed by atoms with E-state index in [1.165, 1.54) is 0 Å². The van der Waals surface area contributed by atoms with Gasteiger partial charge in [-0.3, -0.25) is 0 Å². The van der Waals surface area contributed by atoms with Gasteiger partial charge in [0.05, 0.1) is 0 Å². The summed E-state index contributed by atoms with van der Waals surface area (Å²) in [6, 6.07) is 4.07. The number of allylic oxidation sites excluding steroid dienone is 1. The number of rotatable bonds is 3. The lowest BCUT2D eigenvalue weighted by Crippen LogP contribution is -1.80. The second-order valence-electron chi connectivity index (χ2n) is 4.00. The minimum absolute atomic E-state index is 0.473. The van der Waals surface area contributed by atoms with Crippen molar-refractivity contribution in [2.24, 2.45) is 5.92 Å². The summed E-state index contributed by atoms with van der Waals surface area (Å²) in [6.45, 7) is 8.58. The number of hydrogen-bond acceptors (Lipinski definition) is 1. The van der Waals surface area contributed by atoms with Crippen molar-refractivity contribution in [2.45, 2.75) is 33.6 Å². The standard InChI is InChI=1S/C12H18O/c1-9(2)5-6-11-7-8-12(13-11)10(3)4/h5-10H,1-4H3/b6-5+. The first-order valence-electron chi connectivity index (χ1n) is 4.87. The van der Waals surface area contributed by atoms with Gasteiger partial charge in [-0.1, -0.05) is 33.8 Å². The molecule has 0 spiro atoms. The fraction of sp³-hybridized carbons (Fsp3) is 0.500. The van der Waals surface area contributed by atoms with E-state index in [2.05, 4.69) is 33.8 Å². The minimum Gasteiger partial charge on any atom is -0.461 e. The molecule has 1 aromatic heterocycles. The first kappa shape index (κ1) is 10.1. The molecule has 0 atom stereocenters. The third-order valence-electron chi connectivity index (χ3n) is 1.86. The molecular weight excluding hydrogens is 160 g/mol. The van der Waals surface area contributed by atoms with E-state index in [1.807, 2.05) is 18.2 Å². The molecule has 72 valence electrons. The molecule has 0 radical (unpaired) electrons. The molecule has 0 unspecified atom stereocenters. The Kier molecular flexibility index (Phi) is 3.35. The van der Waals surface area contributed by atoms with E-state index in [-0.39, 0.29) is 0 Å². The van der Waals surface area contributed by atoms with Crippen molar-refractivity contribution >= 4 is 6.08 Å². The van der Waals surface area contributed by atoms with E-state index in [0.29, 0.717) is 11.8 Å². The first-order chi connectivity index (χ1) is 6.09. The van der Waals surface area contributed by atoms with Gasteiger partial charge in [-0.05, 0) is 24.1 Å². The van der Waals surface area contributed by atoms with Crippen LogP contribution in [0.5, 0.6) is 0 Å². The second kappa shape index (κ2) is 4.31. The van der Waals surface area contributed by atoms with Gasteiger partial charge in [0.25, 0.3) is 0 Å². The quantitative estimate of drug-likeness (QED) is 0.680. The van der Waals surface area contributed by atoms with Gasteiger partial charge in [0, 0.05) is 5.92 Å². The Labute approximate surface area is 80.5 Å². The molecule has 1 rings (SSSR count). The molecule has 0 aliphatic rings. The monoisotopic (exact) mass is 178 g/mol. The summed E-state index contributed by atoms with van der Waals surface area (Å²) in [5.41, 5.74) is 0. The van der Waals surface area contributed by atoms with Crippen molar-refractivity contribution in [2.75, 3.05) is 0 Å². The van der Waals surface area contributed by atoms with Crippen molar-refractivity contribution in [3.8, 4) is 0 Å². The van der Waals surface area contributed by atoms with E-state index < -0.39 is 0 Å². The van der Waals surface area contributed by atoms with Crippen LogP contribution >= 0.6 is 0 Å². The molecule has 0 N–H and O–H groups in total. The lowest BCUT2D eigenvalue weighted by atomic mass is 10.2. The van der Waals surface area contributed by atoms with E-state index in [1.54, 1.807) is 0 Å². The average molecular weight is 178 g/mol. The minimum atomic E-state index is 0.473. The smallest absolute Gasteiger partial charge is 0.126 e. The van der Waals surface area contributed by atoms with Crippen molar-refractivity contribution in [1.82, 2.24) is 0 Å². The maximum atomic E-state index is 5.61. The fourth-order valence-electron chi connectivity index (χ4n) is 1.06. The van der Waals surface area contributed by atoms with Crippen LogP contribution in [0.1, 0.15) is 45.1 Å². The summed E-state index contributed by atoms with van der Waals surface area (Å²) >= 11 is 0. The molecule has 13 heavy (non-hydrogen) atoms. The highest BCUT2D eigenvalue weighted by molar-refractivity contribution is 5.43. The fourth-order valence-corrected chi connectivity index (χ4v) is 1.06. The zero-order valence-corrected chi connectivity index (χ0v) is 8.87. The molecule has 0 saturated carbocycles. The summed E-state index contributed by atoms with van der Waals surface area (Å²) in [7, 11) is 0. The Morgan fingerprint density at radius 2 is 1.85 bits per heavy atom. The van der Waals surface area contributed by atoms with Crippen LogP contribution in [-0.4, -0.2) is 0 Å². The first-order valence-corrected chi connectivity index (χ1v) is 4.87. The van der Waals surface area contributed by atoms with E-state index in [0.717, 1.165) is 11.5 Å². The van der Waals surface area contributed by atoms with Crippen LogP contribution in [-0.2, 0) is 0 Å². The van der Waals surface area contributed by atoms with Gasteiger partial charge in [-0.2, -0.15) is 0 Å². The summed E-state index contributed by atoms with van der Waals surface area (Å²) in [5, 5.41) is 0. The summed E-state index contributed by atoms with van der Waals surface area (Å²) in [6.07, 6.45) is 4.18. The van der Waals surface area contributed by atoms with Crippen LogP contribution in [0, 0.1) is 5.92 Å². The molecule has 0 aliphatic carbocycles. The maximum absolute atomic E-state index is 5.61. The van der Waals surface area contributed by atoms with Gasteiger partial charge in [-0.25, -0.2) is 0 Å². The topological polar surface area (TPSA) is 13.1 Å². The molecule has 0 saturated heterocycles. The van der Waals surface area contributed by atoms with Crippen molar-refractivity contribution < 1.29 is 4.42 Å². The van der Waals surface area contributed by atoms with Gasteiger partial charge >= 0.3 is 0 Å². The second-order valence-corrected chi connectivity index (χ2v) is 4.00. The Hall–Kier alpha value is -0.980. The highest BCUT2D eigenvalue weighted by Gasteiger charge is 2.03. The molecule has 0 aliphatic heterocycles. The molecular formula is C12H18O. The third kappa shape index (κ3) is 3.10. The highest BCUT2D eigenvalue weighted by atomic mass is 16.3. The van der Waals surface area contributed by atoms with E-state index in [9.17, 15) is 0 Å². The van der Waals surface area contributed by atoms with Crippen molar-refractivity contribution in [3.63, 3.8) is 0 Å². The summed E-state index contributed by atoms with van der Waals surface area (Å²) in [4.78, 5) is 0. The molecule has 0 fully saturated rings. The van der Waals surface area contributed by atoms with Gasteiger partial charge in [0.1, 0.15) is 11.5 Å². The Morgan fingerprint density at radius 1 is 1.15 bits per heavy atom. The SMILES string of the molecule is CC(C)/C=C/c1ccc(C(C)C)o1. The molecule has 1 heterocycles. The lowest BCUT2D eigenvalue weighted by Gasteiger charge is -1.97. The molecule has 0 bridgehead atoms. The Balaban J connectivity index is 2.69. The van der Waals surface area contributed by atoms with E-state index in [4.69, 9.17) is 4.42 Å². The number of furan rings is 1. The third-order valence-corrected chi connectivity index (χ3v) is 1.86. The predicted molar refractivity (Wildman–Crippen MR) is 56.7 cm³/mol. The van der Waals surface area contributed by atoms with Gasteiger partial charge in [0.2, 0.25) is 0 Å². The van der Waals surface area contributed by atoms with Crippen molar-refractivity contribution in [1.29, 1.82) is 0 Å². The largest absolute Gasteiger partial charge is 0.461 e. The molecule has 0 amide bonds. The average Bonchev–Trinajstić information content (AvgIpc) is 2.48. The van der Waals surface area contributed by atoms with Crippen LogP contribution in [0.2, 0.25) is 0 Å². The van der Waals surface area contributed by atoms with Crippen LogP contribution in [0.25, 0.3) is 6.08 Å². The Bertz CT molecular complexity index is 279. The molecule has 1 heteroatoms. The van der Waals surface area contributed by atoms with Gasteiger partial charge in [0.15, 0.2) is 0 Å². The normalized spacial score (nSPS) is 12.2. The zero-order chi connectivity index (χ0) is 9.84. The van der Waals surface area contributed by atoms with E-state index >= 15 is 0 Å². The van der Waals surface area contributed by atoms with Gasteiger partial charge in [-0.15, -0.1) is 0 Å². The molecule has 1 aromatic rings. The van der Waals surface area contributed by atoms with Crippen molar-refractivity contribution in [3.05, 3.63) is 29.7 Å². The molecule has 1 nitrogen and oxygen atoms in total. The van der Waals surface area contributed by atoms with Crippen LogP contribution in [0.15, 0.2) is 22.6 Å². The van der Waals surface area contributed by atoms with Gasteiger partial charge < -0.3 is 4.42 Å². The summed E-state index contributed by atoms with van der Waals surface area (Å²) in [5.74, 6) is 3.06. The van der Waals surface area contributed by atoms with Crippen LogP contribution < -0.4 is 0 Å². The Morgan fingerprint density at radius 3 is 2.31 bits per heavy atom. The highest BCUT2D eigenvalue weighted by Crippen LogP contribution is 2.18. The zero-order valence-electron chi connectivity index (χ0n) is 8.87. The van der Waals surface area contributed by atoms with Crippen LogP contribution in [0.3, 0.4) is 0 Å². The maximum Gasteiger partial charge on any atom is 0.126 e. The predicted octanol–water partition coefficient (Wildman–Crippen LogP) is 4.07.